The lowest BCUT2D eigenvalue weighted by atomic mass is 9.80. The van der Waals surface area contributed by atoms with E-state index in [-0.39, 0.29) is 12.0 Å². The lowest BCUT2D eigenvalue weighted by molar-refractivity contribution is 0.532. The Morgan fingerprint density at radius 3 is 2.85 bits per heavy atom. The molecule has 1 aromatic carbocycles. The number of nitrogens with one attached hydrogen (secondary N) is 1. The highest BCUT2D eigenvalue weighted by molar-refractivity contribution is 5.42. The zero-order chi connectivity index (χ0) is 14.1. The molecule has 0 saturated heterocycles. The van der Waals surface area contributed by atoms with Crippen molar-refractivity contribution < 1.29 is 0 Å². The molecule has 3 N–H and O–H groups in total. The molecule has 2 aromatic rings. The minimum absolute atomic E-state index is 0.239. The van der Waals surface area contributed by atoms with Crippen LogP contribution in [0.25, 0.3) is 0 Å². The molecule has 1 unspecified atom stereocenters. The second kappa shape index (κ2) is 5.07. The molecule has 0 saturated carbocycles. The third-order valence-electron chi connectivity index (χ3n) is 3.93. The Morgan fingerprint density at radius 2 is 2.05 bits per heavy atom. The monoisotopic (exact) mass is 269 g/mol. The molecule has 1 aromatic heterocycles. The first-order chi connectivity index (χ1) is 9.63. The Bertz CT molecular complexity index is 625. The number of aryl methyl sites for hydroxylation is 1. The second-order valence-corrected chi connectivity index (χ2v) is 5.47. The summed E-state index contributed by atoms with van der Waals surface area (Å²) in [5, 5.41) is 3.38. The lowest BCUT2D eigenvalue weighted by Gasteiger charge is -2.30. The quantitative estimate of drug-likeness (QED) is 0.876. The largest absolute Gasteiger partial charge is 0.368 e. The molecule has 5 heteroatoms. The van der Waals surface area contributed by atoms with Crippen molar-refractivity contribution >= 4 is 11.9 Å². The van der Waals surface area contributed by atoms with Gasteiger partial charge in [0.2, 0.25) is 11.9 Å². The lowest BCUT2D eigenvalue weighted by Crippen LogP contribution is -2.20. The average Bonchev–Trinajstić information content (AvgIpc) is 2.42. The Kier molecular flexibility index (Phi) is 3.26. The summed E-state index contributed by atoms with van der Waals surface area (Å²) in [6, 6.07) is 6.90. The van der Waals surface area contributed by atoms with Crippen molar-refractivity contribution in [2.75, 3.05) is 11.1 Å². The van der Waals surface area contributed by atoms with Gasteiger partial charge < -0.3 is 11.1 Å². The number of rotatable bonds is 2. The Hall–Kier alpha value is -2.17. The van der Waals surface area contributed by atoms with E-state index in [1.165, 1.54) is 23.0 Å². The molecule has 3 rings (SSSR count). The number of hydrogen-bond acceptors (Lipinski definition) is 5. The molecular weight excluding hydrogens is 250 g/mol. The number of aromatic nitrogens is 3. The first-order valence-electron chi connectivity index (χ1n) is 6.95. The van der Waals surface area contributed by atoms with Crippen molar-refractivity contribution in [3.8, 4) is 0 Å². The Morgan fingerprint density at radius 1 is 1.20 bits per heavy atom. The third kappa shape index (κ3) is 2.43. The van der Waals surface area contributed by atoms with Gasteiger partial charge in [0.1, 0.15) is 6.33 Å². The molecule has 1 aliphatic carbocycles. The average molecular weight is 269 g/mol. The fourth-order valence-corrected chi connectivity index (χ4v) is 2.85. The van der Waals surface area contributed by atoms with E-state index < -0.39 is 0 Å². The van der Waals surface area contributed by atoms with Gasteiger partial charge in [-0.3, -0.25) is 0 Å². The van der Waals surface area contributed by atoms with Gasteiger partial charge in [-0.2, -0.15) is 4.98 Å². The van der Waals surface area contributed by atoms with Crippen molar-refractivity contribution in [2.24, 2.45) is 0 Å². The maximum absolute atomic E-state index is 5.60. The standard InChI is InChI=1S/C15H19N5/c1-9-3-5-11-12(7-9)10(2)4-6-13(11)19-15-18-8-17-14(16)20-15/h3,5,7-8,10,13H,4,6H2,1-2H3,(H3,16,17,18,19,20)/t10?,13-/m1/s1. The van der Waals surface area contributed by atoms with Crippen LogP contribution in [-0.2, 0) is 0 Å². The van der Waals surface area contributed by atoms with E-state index in [0.29, 0.717) is 11.9 Å². The fraction of sp³-hybridized carbons (Fsp3) is 0.400. The number of fused-ring (bicyclic) bond motifs is 1. The molecule has 5 nitrogen and oxygen atoms in total. The molecule has 1 aliphatic rings. The maximum Gasteiger partial charge on any atom is 0.227 e. The molecule has 0 amide bonds. The van der Waals surface area contributed by atoms with Crippen molar-refractivity contribution in [1.82, 2.24) is 15.0 Å². The van der Waals surface area contributed by atoms with E-state index in [9.17, 15) is 0 Å². The van der Waals surface area contributed by atoms with Crippen LogP contribution >= 0.6 is 0 Å². The van der Waals surface area contributed by atoms with Crippen LogP contribution in [0.15, 0.2) is 24.5 Å². The van der Waals surface area contributed by atoms with Crippen LogP contribution < -0.4 is 11.1 Å². The molecular formula is C15H19N5. The van der Waals surface area contributed by atoms with E-state index in [1.807, 2.05) is 0 Å². The van der Waals surface area contributed by atoms with E-state index in [4.69, 9.17) is 5.73 Å². The first kappa shape index (κ1) is 12.8. The van der Waals surface area contributed by atoms with Crippen LogP contribution in [0.3, 0.4) is 0 Å². The second-order valence-electron chi connectivity index (χ2n) is 5.47. The molecule has 0 bridgehead atoms. The normalized spacial score (nSPS) is 21.3. The van der Waals surface area contributed by atoms with Crippen LogP contribution in [0.1, 0.15) is 48.4 Å². The summed E-state index contributed by atoms with van der Waals surface area (Å²) in [6.07, 6.45) is 3.67. The highest BCUT2D eigenvalue weighted by Crippen LogP contribution is 2.38. The molecule has 0 aliphatic heterocycles. The predicted octanol–water partition coefficient (Wildman–Crippen LogP) is 2.81. The van der Waals surface area contributed by atoms with Gasteiger partial charge in [-0.1, -0.05) is 30.7 Å². The van der Waals surface area contributed by atoms with Crippen LogP contribution in [0.2, 0.25) is 0 Å². The highest BCUT2D eigenvalue weighted by Gasteiger charge is 2.25. The van der Waals surface area contributed by atoms with Gasteiger partial charge in [0.25, 0.3) is 0 Å². The minimum Gasteiger partial charge on any atom is -0.368 e. The number of nitrogens with zero attached hydrogens (tertiary/aromatic N) is 3. The van der Waals surface area contributed by atoms with E-state index in [1.54, 1.807) is 0 Å². The van der Waals surface area contributed by atoms with Gasteiger partial charge in [0, 0.05) is 0 Å². The summed E-state index contributed by atoms with van der Waals surface area (Å²) in [4.78, 5) is 12.1. The van der Waals surface area contributed by atoms with E-state index in [0.717, 1.165) is 12.8 Å². The van der Waals surface area contributed by atoms with Gasteiger partial charge in [0.05, 0.1) is 6.04 Å². The fourth-order valence-electron chi connectivity index (χ4n) is 2.85. The van der Waals surface area contributed by atoms with Crippen LogP contribution in [0.5, 0.6) is 0 Å². The molecule has 0 spiro atoms. The summed E-state index contributed by atoms with van der Waals surface area (Å²) < 4.78 is 0. The minimum atomic E-state index is 0.239. The van der Waals surface area contributed by atoms with Gasteiger partial charge in [-0.15, -0.1) is 0 Å². The Labute approximate surface area is 118 Å². The van der Waals surface area contributed by atoms with Crippen molar-refractivity contribution in [1.29, 1.82) is 0 Å². The molecule has 0 fully saturated rings. The predicted molar refractivity (Wildman–Crippen MR) is 79.4 cm³/mol. The van der Waals surface area contributed by atoms with Crippen LogP contribution in [0.4, 0.5) is 11.9 Å². The van der Waals surface area contributed by atoms with Crippen LogP contribution in [-0.4, -0.2) is 15.0 Å². The van der Waals surface area contributed by atoms with Gasteiger partial charge in [0.15, 0.2) is 0 Å². The van der Waals surface area contributed by atoms with Crippen molar-refractivity contribution in [3.05, 3.63) is 41.2 Å². The van der Waals surface area contributed by atoms with E-state index in [2.05, 4.69) is 52.3 Å². The number of benzene rings is 1. The van der Waals surface area contributed by atoms with Crippen molar-refractivity contribution in [2.45, 2.75) is 38.6 Å². The van der Waals surface area contributed by atoms with Gasteiger partial charge in [-0.25, -0.2) is 9.97 Å². The zero-order valence-corrected chi connectivity index (χ0v) is 11.8. The van der Waals surface area contributed by atoms with E-state index >= 15 is 0 Å². The van der Waals surface area contributed by atoms with Crippen LogP contribution in [0, 0.1) is 6.92 Å². The summed E-state index contributed by atoms with van der Waals surface area (Å²) in [6.45, 7) is 4.42. The third-order valence-corrected chi connectivity index (χ3v) is 3.93. The summed E-state index contributed by atoms with van der Waals surface area (Å²) in [5.74, 6) is 1.39. The van der Waals surface area contributed by atoms with Gasteiger partial charge >= 0.3 is 0 Å². The summed E-state index contributed by atoms with van der Waals surface area (Å²) in [7, 11) is 0. The zero-order valence-electron chi connectivity index (χ0n) is 11.8. The molecule has 2 atom stereocenters. The first-order valence-corrected chi connectivity index (χ1v) is 6.95. The number of nitrogen functional groups attached to an aromatic ring is 1. The topological polar surface area (TPSA) is 76.7 Å². The molecule has 20 heavy (non-hydrogen) atoms. The molecule has 0 radical (unpaired) electrons. The summed E-state index contributed by atoms with van der Waals surface area (Å²) >= 11 is 0. The Balaban J connectivity index is 1.91. The number of hydrogen-bond donors (Lipinski definition) is 2. The maximum atomic E-state index is 5.60. The smallest absolute Gasteiger partial charge is 0.227 e. The highest BCUT2D eigenvalue weighted by atomic mass is 15.2. The molecule has 1 heterocycles. The van der Waals surface area contributed by atoms with Gasteiger partial charge in [-0.05, 0) is 36.8 Å². The number of nitrogens with two attached hydrogens (primary N) is 1. The molecule has 104 valence electrons. The SMILES string of the molecule is Cc1ccc2c(c1)C(C)CC[C@H]2Nc1ncnc(N)n1. The number of anilines is 2. The van der Waals surface area contributed by atoms with Crippen molar-refractivity contribution in [3.63, 3.8) is 0 Å². The summed E-state index contributed by atoms with van der Waals surface area (Å²) in [5.41, 5.74) is 9.67.